The number of nitrogens with two attached hydrogens (primary N) is 1. The Hall–Kier alpha value is -1.75. The summed E-state index contributed by atoms with van der Waals surface area (Å²) in [6.45, 7) is 6.41. The van der Waals surface area contributed by atoms with Gasteiger partial charge in [-0.25, -0.2) is 0 Å². The summed E-state index contributed by atoms with van der Waals surface area (Å²) in [5, 5.41) is 2.93. The molecule has 1 aliphatic rings. The lowest BCUT2D eigenvalue weighted by atomic mass is 9.88. The van der Waals surface area contributed by atoms with Crippen LogP contribution >= 0.6 is 0 Å². The maximum Gasteiger partial charge on any atom is 0.231 e. The minimum absolute atomic E-state index is 0.0417. The van der Waals surface area contributed by atoms with Gasteiger partial charge >= 0.3 is 0 Å². The van der Waals surface area contributed by atoms with Crippen molar-refractivity contribution in [1.82, 2.24) is 0 Å². The SMILES string of the molecule is Cc1cc2c(cc1NC(=O)C(C)(C)CCN)OCO2. The summed E-state index contributed by atoms with van der Waals surface area (Å²) < 4.78 is 10.6. The van der Waals surface area contributed by atoms with Crippen LogP contribution in [0.4, 0.5) is 5.69 Å². The van der Waals surface area contributed by atoms with E-state index >= 15 is 0 Å². The fourth-order valence-corrected chi connectivity index (χ4v) is 1.94. The van der Waals surface area contributed by atoms with Crippen LogP contribution in [-0.4, -0.2) is 19.2 Å². The maximum absolute atomic E-state index is 12.2. The molecule has 0 aromatic heterocycles. The van der Waals surface area contributed by atoms with Crippen LogP contribution in [0.1, 0.15) is 25.8 Å². The lowest BCUT2D eigenvalue weighted by Crippen LogP contribution is -2.32. The zero-order valence-corrected chi connectivity index (χ0v) is 11.6. The van der Waals surface area contributed by atoms with Crippen LogP contribution in [0.25, 0.3) is 0 Å². The first-order valence-electron chi connectivity index (χ1n) is 6.36. The van der Waals surface area contributed by atoms with Gasteiger partial charge in [-0.3, -0.25) is 4.79 Å². The van der Waals surface area contributed by atoms with Crippen LogP contribution in [0.3, 0.4) is 0 Å². The van der Waals surface area contributed by atoms with Gasteiger partial charge in [-0.1, -0.05) is 13.8 Å². The number of hydrogen-bond donors (Lipinski definition) is 2. The van der Waals surface area contributed by atoms with E-state index in [-0.39, 0.29) is 12.7 Å². The molecule has 0 radical (unpaired) electrons. The molecule has 1 amide bonds. The predicted molar refractivity (Wildman–Crippen MR) is 73.4 cm³/mol. The van der Waals surface area contributed by atoms with Gasteiger partial charge in [0.15, 0.2) is 11.5 Å². The molecule has 1 heterocycles. The lowest BCUT2D eigenvalue weighted by molar-refractivity contribution is -0.124. The highest BCUT2D eigenvalue weighted by atomic mass is 16.7. The van der Waals surface area contributed by atoms with Gasteiger partial charge < -0.3 is 20.5 Å². The monoisotopic (exact) mass is 264 g/mol. The summed E-state index contributed by atoms with van der Waals surface area (Å²) in [6, 6.07) is 3.67. The summed E-state index contributed by atoms with van der Waals surface area (Å²) in [7, 11) is 0. The number of anilines is 1. The number of aryl methyl sites for hydroxylation is 1. The molecule has 2 rings (SSSR count). The Morgan fingerprint density at radius 1 is 1.37 bits per heavy atom. The molecule has 0 atom stereocenters. The van der Waals surface area contributed by atoms with E-state index in [9.17, 15) is 4.79 Å². The van der Waals surface area contributed by atoms with Crippen LogP contribution in [0.2, 0.25) is 0 Å². The van der Waals surface area contributed by atoms with E-state index in [2.05, 4.69) is 5.32 Å². The molecule has 0 saturated carbocycles. The number of carbonyl (C=O) groups is 1. The molecule has 1 aromatic carbocycles. The van der Waals surface area contributed by atoms with Gasteiger partial charge in [-0.05, 0) is 31.5 Å². The smallest absolute Gasteiger partial charge is 0.231 e. The van der Waals surface area contributed by atoms with E-state index in [0.717, 1.165) is 17.0 Å². The lowest BCUT2D eigenvalue weighted by Gasteiger charge is -2.23. The van der Waals surface area contributed by atoms with E-state index in [1.165, 1.54) is 0 Å². The zero-order chi connectivity index (χ0) is 14.0. The van der Waals surface area contributed by atoms with Gasteiger partial charge in [-0.2, -0.15) is 0 Å². The second kappa shape index (κ2) is 5.09. The molecule has 5 nitrogen and oxygen atoms in total. The van der Waals surface area contributed by atoms with E-state index < -0.39 is 5.41 Å². The zero-order valence-electron chi connectivity index (χ0n) is 11.6. The van der Waals surface area contributed by atoms with Gasteiger partial charge in [0.05, 0.1) is 0 Å². The van der Waals surface area contributed by atoms with Crippen molar-refractivity contribution in [3.63, 3.8) is 0 Å². The number of ether oxygens (including phenoxy) is 2. The Bertz CT molecular complexity index is 498. The minimum Gasteiger partial charge on any atom is -0.454 e. The number of rotatable bonds is 4. The highest BCUT2D eigenvalue weighted by Crippen LogP contribution is 2.37. The average Bonchev–Trinajstić information content (AvgIpc) is 2.76. The molecular formula is C14H20N2O3. The summed E-state index contributed by atoms with van der Waals surface area (Å²) >= 11 is 0. The number of benzene rings is 1. The van der Waals surface area contributed by atoms with Crippen LogP contribution < -0.4 is 20.5 Å². The quantitative estimate of drug-likeness (QED) is 0.872. The summed E-state index contributed by atoms with van der Waals surface area (Å²) in [4.78, 5) is 12.2. The molecule has 1 aliphatic heterocycles. The third-order valence-corrected chi connectivity index (χ3v) is 3.35. The predicted octanol–water partition coefficient (Wildman–Crippen LogP) is 2.04. The molecule has 104 valence electrons. The number of nitrogens with one attached hydrogen (secondary N) is 1. The van der Waals surface area contributed by atoms with Gasteiger partial charge in [0.1, 0.15) is 0 Å². The molecule has 0 saturated heterocycles. The fourth-order valence-electron chi connectivity index (χ4n) is 1.94. The van der Waals surface area contributed by atoms with Crippen LogP contribution in [-0.2, 0) is 4.79 Å². The van der Waals surface area contributed by atoms with Crippen LogP contribution in [0.15, 0.2) is 12.1 Å². The first-order chi connectivity index (χ1) is 8.94. The van der Waals surface area contributed by atoms with Gasteiger partial charge in [-0.15, -0.1) is 0 Å². The summed E-state index contributed by atoms with van der Waals surface area (Å²) in [5.41, 5.74) is 6.74. The maximum atomic E-state index is 12.2. The van der Waals surface area contributed by atoms with Crippen molar-refractivity contribution in [1.29, 1.82) is 0 Å². The Kier molecular flexibility index (Phi) is 3.66. The Morgan fingerprint density at radius 3 is 2.63 bits per heavy atom. The molecule has 0 aliphatic carbocycles. The van der Waals surface area contributed by atoms with E-state index in [1.807, 2.05) is 26.8 Å². The van der Waals surface area contributed by atoms with Crippen molar-refractivity contribution in [2.45, 2.75) is 27.2 Å². The number of carbonyl (C=O) groups excluding carboxylic acids is 1. The standard InChI is InChI=1S/C14H20N2O3/c1-9-6-11-12(19-8-18-11)7-10(9)16-13(17)14(2,3)4-5-15/h6-7H,4-5,8,15H2,1-3H3,(H,16,17). The molecule has 0 fully saturated rings. The van der Waals surface area contributed by atoms with Crippen molar-refractivity contribution in [2.24, 2.45) is 11.1 Å². The molecule has 1 aromatic rings. The van der Waals surface area contributed by atoms with Gasteiger partial charge in [0.25, 0.3) is 0 Å². The van der Waals surface area contributed by atoms with Crippen LogP contribution in [0.5, 0.6) is 11.5 Å². The highest BCUT2D eigenvalue weighted by molar-refractivity contribution is 5.95. The van der Waals surface area contributed by atoms with E-state index in [0.29, 0.717) is 18.7 Å². The molecule has 0 spiro atoms. The molecule has 0 bridgehead atoms. The Balaban J connectivity index is 2.18. The normalized spacial score (nSPS) is 13.5. The Morgan fingerprint density at radius 2 is 2.00 bits per heavy atom. The van der Waals surface area contributed by atoms with Crippen molar-refractivity contribution < 1.29 is 14.3 Å². The van der Waals surface area contributed by atoms with Crippen molar-refractivity contribution in [3.05, 3.63) is 17.7 Å². The van der Waals surface area contributed by atoms with E-state index in [1.54, 1.807) is 6.07 Å². The minimum atomic E-state index is -0.489. The molecule has 3 N–H and O–H groups in total. The Labute approximate surface area is 113 Å². The second-order valence-electron chi connectivity index (χ2n) is 5.40. The number of fused-ring (bicyclic) bond motifs is 1. The molecule has 5 heteroatoms. The summed E-state index contributed by atoms with van der Waals surface area (Å²) in [6.07, 6.45) is 0.641. The summed E-state index contributed by atoms with van der Waals surface area (Å²) in [5.74, 6) is 1.34. The van der Waals surface area contributed by atoms with Crippen molar-refractivity contribution in [3.8, 4) is 11.5 Å². The second-order valence-corrected chi connectivity index (χ2v) is 5.40. The average molecular weight is 264 g/mol. The van der Waals surface area contributed by atoms with Gasteiger partial charge in [0, 0.05) is 17.2 Å². The topological polar surface area (TPSA) is 73.6 Å². The largest absolute Gasteiger partial charge is 0.454 e. The van der Waals surface area contributed by atoms with Crippen LogP contribution in [0, 0.1) is 12.3 Å². The number of hydrogen-bond acceptors (Lipinski definition) is 4. The molecular weight excluding hydrogens is 244 g/mol. The van der Waals surface area contributed by atoms with Gasteiger partial charge in [0.2, 0.25) is 12.7 Å². The first-order valence-corrected chi connectivity index (χ1v) is 6.36. The third-order valence-electron chi connectivity index (χ3n) is 3.35. The third kappa shape index (κ3) is 2.81. The fraction of sp³-hybridized carbons (Fsp3) is 0.500. The van der Waals surface area contributed by atoms with E-state index in [4.69, 9.17) is 15.2 Å². The van der Waals surface area contributed by atoms with Crippen molar-refractivity contribution in [2.75, 3.05) is 18.7 Å². The first kappa shape index (κ1) is 13.7. The number of amides is 1. The van der Waals surface area contributed by atoms with Crippen molar-refractivity contribution >= 4 is 11.6 Å². The molecule has 19 heavy (non-hydrogen) atoms. The molecule has 0 unspecified atom stereocenters. The highest BCUT2D eigenvalue weighted by Gasteiger charge is 2.27.